The molecule has 8 nitrogen and oxygen atoms in total. The summed E-state index contributed by atoms with van der Waals surface area (Å²) in [6, 6.07) is 76.5. The molecule has 418 valence electrons. The van der Waals surface area contributed by atoms with Crippen LogP contribution < -0.4 is 14.5 Å². The van der Waals surface area contributed by atoms with Crippen molar-refractivity contribution in [2.75, 3.05) is 9.80 Å². The van der Waals surface area contributed by atoms with Gasteiger partial charge in [-0.25, -0.2) is 4.98 Å². The SMILES string of the molecule is [2H]C([2H])([2H])n1c2ccc(C(C)(C)C)cc2c2c(-c3ccccc3)c3c4cc(C(C)(C)C)ccc4n(C([2H])([2H])[2H])c3c(N3[CH-]N(c4[c-]c(Oc5[c-]c6c(cc5)c5ccccc5n6-c5cc(-n6c7ccccc7c7ccccc76)ccn5)ccc4)c4ccccc43)c21.[Pt]. The number of rotatable bonds is 7. The van der Waals surface area contributed by atoms with Gasteiger partial charge in [0, 0.05) is 133 Å². The number of aromatic nitrogens is 5. The molecule has 6 heterocycles. The minimum atomic E-state index is -2.74. The molecule has 0 fully saturated rings. The van der Waals surface area contributed by atoms with Crippen molar-refractivity contribution in [1.29, 1.82) is 0 Å². The number of nitrogens with zero attached hydrogens (tertiary/aromatic N) is 7. The number of anilines is 4. The van der Waals surface area contributed by atoms with E-state index in [9.17, 15) is 8.22 Å². The molecule has 0 N–H and O–H groups in total. The molecule has 85 heavy (non-hydrogen) atoms. The molecule has 1 aliphatic heterocycles. The number of ether oxygens (including phenoxy) is 1. The van der Waals surface area contributed by atoms with Gasteiger partial charge >= 0.3 is 0 Å². The maximum absolute atomic E-state index is 9.52. The van der Waals surface area contributed by atoms with Gasteiger partial charge in [-0.15, -0.1) is 48.1 Å². The van der Waals surface area contributed by atoms with Gasteiger partial charge in [-0.1, -0.05) is 156 Å². The van der Waals surface area contributed by atoms with E-state index in [0.717, 1.165) is 83.1 Å². The van der Waals surface area contributed by atoms with Crippen LogP contribution in [0.2, 0.25) is 0 Å². The van der Waals surface area contributed by atoms with Crippen LogP contribution in [0.1, 0.15) is 60.9 Å². The zero-order valence-electron chi connectivity index (χ0n) is 53.6. The Balaban J connectivity index is 0.00000689. The van der Waals surface area contributed by atoms with E-state index in [1.54, 1.807) is 0 Å². The van der Waals surface area contributed by atoms with E-state index in [-0.39, 0.29) is 31.9 Å². The smallest absolute Gasteiger partial charge is 0.137 e. The minimum Gasteiger partial charge on any atom is -0.509 e. The Labute approximate surface area is 517 Å². The van der Waals surface area contributed by atoms with Crippen molar-refractivity contribution in [3.05, 3.63) is 242 Å². The Bertz CT molecular complexity index is 5290. The molecule has 0 aliphatic carbocycles. The summed E-state index contributed by atoms with van der Waals surface area (Å²) in [7, 11) is 0. The number of hydrogen-bond acceptors (Lipinski definition) is 4. The van der Waals surface area contributed by atoms with Crippen LogP contribution in [-0.4, -0.2) is 23.3 Å². The van der Waals surface area contributed by atoms with Gasteiger partial charge in [0.05, 0.1) is 33.4 Å². The van der Waals surface area contributed by atoms with Crippen molar-refractivity contribution in [3.63, 3.8) is 0 Å². The van der Waals surface area contributed by atoms with Crippen LogP contribution in [0.4, 0.5) is 22.7 Å². The molecule has 15 aromatic rings. The summed E-state index contributed by atoms with van der Waals surface area (Å²) in [5.74, 6) is 1.61. The molecule has 0 saturated heterocycles. The first-order valence-corrected chi connectivity index (χ1v) is 28.5. The van der Waals surface area contributed by atoms with Crippen molar-refractivity contribution in [1.82, 2.24) is 23.3 Å². The third-order valence-corrected chi connectivity index (χ3v) is 17.1. The molecule has 1 aliphatic rings. The van der Waals surface area contributed by atoms with Crippen LogP contribution in [0.25, 0.3) is 110 Å². The first-order chi connectivity index (χ1) is 43.2. The van der Waals surface area contributed by atoms with Crippen molar-refractivity contribution < 1.29 is 34.0 Å². The maximum Gasteiger partial charge on any atom is 0.137 e. The maximum atomic E-state index is 9.52. The van der Waals surface area contributed by atoms with Gasteiger partial charge in [-0.3, -0.25) is 0 Å². The third kappa shape index (κ3) is 8.02. The monoisotopic (exact) mass is 1290 g/mol. The Morgan fingerprint density at radius 1 is 0.471 bits per heavy atom. The van der Waals surface area contributed by atoms with Gasteiger partial charge in [0.1, 0.15) is 5.82 Å². The van der Waals surface area contributed by atoms with E-state index in [1.807, 2.05) is 144 Å². The molecule has 0 spiro atoms. The number of aryl methyl sites for hydroxylation is 2. The summed E-state index contributed by atoms with van der Waals surface area (Å²) >= 11 is 0. The fraction of sp³-hybridized carbons (Fsp3) is 0.132. The summed E-state index contributed by atoms with van der Waals surface area (Å²) in [4.78, 5) is 9.00. The molecule has 0 unspecified atom stereocenters. The molecule has 0 bridgehead atoms. The zero-order chi connectivity index (χ0) is 61.9. The van der Waals surface area contributed by atoms with E-state index >= 15 is 0 Å². The van der Waals surface area contributed by atoms with Crippen LogP contribution in [-0.2, 0) is 45.8 Å². The summed E-state index contributed by atoms with van der Waals surface area (Å²) in [6.07, 6.45) is 1.86. The molecular weight excluding hydrogens is 1220 g/mol. The number of hydrogen-bond donors (Lipinski definition) is 0. The van der Waals surface area contributed by atoms with Gasteiger partial charge in [0.15, 0.2) is 0 Å². The van der Waals surface area contributed by atoms with Gasteiger partial charge in [0.2, 0.25) is 0 Å². The molecule has 0 amide bonds. The molecule has 0 saturated carbocycles. The quantitative estimate of drug-likeness (QED) is 0.149. The number of benzene rings is 10. The third-order valence-electron chi connectivity index (χ3n) is 17.1. The molecule has 0 atom stereocenters. The molecule has 10 aromatic carbocycles. The second-order valence-electron chi connectivity index (χ2n) is 24.2. The standard InChI is InChI=1S/C76H60N7O.Pt/c1-75(2,3)48-33-37-60-58(41-48)70-69(47-21-10-9-11-22-47)71-59-42-49(76(4,5)6)34-38-61(59)79(8)73(71)74(72(70)78(60)7)81-46-80(65-31-18-19-32-66(65)81)50-23-20-24-52(43-50)84-53-35-36-57-56-27-14-17-30-64(56)83(67(57)45-53)68-44-51(39-40-77-68)82-62-28-15-12-25-54(62)55-26-13-16-29-63(55)82;/h9-42,44,46H,1-8H3;/q-3;/i7D3,8D3;. The second kappa shape index (κ2) is 19.3. The van der Waals surface area contributed by atoms with E-state index in [1.165, 1.54) is 19.9 Å². The first kappa shape index (κ1) is 46.1. The topological polar surface area (TPSA) is 48.3 Å². The van der Waals surface area contributed by atoms with Crippen LogP contribution in [0.5, 0.6) is 11.5 Å². The number of pyridine rings is 1. The molecule has 5 aromatic heterocycles. The predicted molar refractivity (Wildman–Crippen MR) is 349 cm³/mol. The molecule has 9 heteroatoms. The molecule has 16 rings (SSSR count). The van der Waals surface area contributed by atoms with Crippen molar-refractivity contribution in [2.24, 2.45) is 14.0 Å². The largest absolute Gasteiger partial charge is 0.509 e. The molecular formula is C76H60N7OPt-3. The van der Waals surface area contributed by atoms with Crippen LogP contribution in [0.3, 0.4) is 0 Å². The zero-order valence-corrected chi connectivity index (χ0v) is 49.9. The van der Waals surface area contributed by atoms with Gasteiger partial charge in [-0.05, 0) is 93.6 Å². The predicted octanol–water partition coefficient (Wildman–Crippen LogP) is 19.6. The average molecular weight is 1290 g/mol. The van der Waals surface area contributed by atoms with E-state index in [2.05, 4.69) is 148 Å². The Morgan fingerprint density at radius 2 is 1.01 bits per heavy atom. The Morgan fingerprint density at radius 3 is 1.61 bits per heavy atom. The second-order valence-corrected chi connectivity index (χ2v) is 24.2. The molecule has 0 radical (unpaired) electrons. The normalized spacial score (nSPS) is 14.3. The fourth-order valence-electron chi connectivity index (χ4n) is 13.1. The summed E-state index contributed by atoms with van der Waals surface area (Å²) in [6.45, 7) is 9.38. The first-order valence-electron chi connectivity index (χ1n) is 31.5. The van der Waals surface area contributed by atoms with Crippen LogP contribution in [0, 0.1) is 18.8 Å². The van der Waals surface area contributed by atoms with Crippen LogP contribution in [0.15, 0.2) is 212 Å². The average Bonchev–Trinajstić information content (AvgIpc) is 1.52. The Kier molecular flexibility index (Phi) is 10.5. The number of para-hydroxylation sites is 5. The summed E-state index contributed by atoms with van der Waals surface area (Å²) in [5.41, 5.74) is 12.2. The van der Waals surface area contributed by atoms with Crippen molar-refractivity contribution in [3.8, 4) is 34.1 Å². The van der Waals surface area contributed by atoms with Gasteiger partial charge in [-0.2, -0.15) is 12.1 Å². The number of fused-ring (bicyclic) bond motifs is 13. The van der Waals surface area contributed by atoms with Crippen LogP contribution >= 0.6 is 0 Å². The minimum absolute atomic E-state index is 0. The van der Waals surface area contributed by atoms with Crippen molar-refractivity contribution in [2.45, 2.75) is 52.4 Å². The summed E-state index contributed by atoms with van der Waals surface area (Å²) in [5, 5.41) is 7.30. The Hall–Kier alpha value is -9.36. The van der Waals surface area contributed by atoms with E-state index in [0.29, 0.717) is 61.4 Å². The van der Waals surface area contributed by atoms with Gasteiger partial charge < -0.3 is 32.8 Å². The summed E-state index contributed by atoms with van der Waals surface area (Å²) < 4.78 is 71.3. The van der Waals surface area contributed by atoms with Gasteiger partial charge in [0.25, 0.3) is 0 Å². The van der Waals surface area contributed by atoms with E-state index in [4.69, 9.17) is 9.72 Å². The van der Waals surface area contributed by atoms with E-state index < -0.39 is 14.0 Å². The van der Waals surface area contributed by atoms with Crippen molar-refractivity contribution >= 4 is 110 Å². The fourth-order valence-corrected chi connectivity index (χ4v) is 13.1.